The fourth-order valence-corrected chi connectivity index (χ4v) is 2.25. The second-order valence-corrected chi connectivity index (χ2v) is 5.39. The molecule has 1 atom stereocenters. The zero-order valence-electron chi connectivity index (χ0n) is 11.2. The highest BCUT2D eigenvalue weighted by molar-refractivity contribution is 5.77. The van der Waals surface area contributed by atoms with E-state index in [1.54, 1.807) is 0 Å². The molecule has 1 amide bonds. The third-order valence-corrected chi connectivity index (χ3v) is 3.57. The Morgan fingerprint density at radius 1 is 1.33 bits per heavy atom. The number of hydrogen-bond donors (Lipinski definition) is 3. The molecule has 0 bridgehead atoms. The van der Waals surface area contributed by atoms with Gasteiger partial charge in [0.1, 0.15) is 0 Å². The molecule has 5 heteroatoms. The molecule has 0 aliphatic carbocycles. The molecule has 18 heavy (non-hydrogen) atoms. The molecular weight excluding hydrogens is 232 g/mol. The lowest BCUT2D eigenvalue weighted by Crippen LogP contribution is -2.37. The molecular formula is C13H24N2O3. The summed E-state index contributed by atoms with van der Waals surface area (Å²) in [5.41, 5.74) is 0. The predicted octanol–water partition coefficient (Wildman–Crippen LogP) is 0.849. The number of carboxylic acids is 1. The number of carboxylic acid groups (broad SMARTS) is 1. The van der Waals surface area contributed by atoms with Crippen molar-refractivity contribution in [3.05, 3.63) is 0 Å². The van der Waals surface area contributed by atoms with Crippen LogP contribution >= 0.6 is 0 Å². The van der Waals surface area contributed by atoms with Crippen LogP contribution in [0.25, 0.3) is 0 Å². The van der Waals surface area contributed by atoms with E-state index in [2.05, 4.69) is 10.6 Å². The summed E-state index contributed by atoms with van der Waals surface area (Å²) in [6.07, 6.45) is 2.58. The quantitative estimate of drug-likeness (QED) is 0.658. The van der Waals surface area contributed by atoms with Gasteiger partial charge >= 0.3 is 5.97 Å². The van der Waals surface area contributed by atoms with Gasteiger partial charge in [0, 0.05) is 13.0 Å². The van der Waals surface area contributed by atoms with Crippen LogP contribution in [-0.2, 0) is 9.59 Å². The Morgan fingerprint density at radius 3 is 2.44 bits per heavy atom. The van der Waals surface area contributed by atoms with Gasteiger partial charge in [0.25, 0.3) is 0 Å². The molecule has 1 heterocycles. The van der Waals surface area contributed by atoms with Gasteiger partial charge in [-0.05, 0) is 37.8 Å². The topological polar surface area (TPSA) is 78.4 Å². The Balaban J connectivity index is 2.28. The molecule has 0 aromatic rings. The zero-order chi connectivity index (χ0) is 13.5. The van der Waals surface area contributed by atoms with E-state index in [0.717, 1.165) is 25.9 Å². The number of aliphatic carboxylic acids is 1. The molecule has 1 rings (SSSR count). The monoisotopic (exact) mass is 256 g/mol. The van der Waals surface area contributed by atoms with Crippen LogP contribution < -0.4 is 10.6 Å². The fraction of sp³-hybridized carbons (Fsp3) is 0.846. The Bertz CT molecular complexity index is 286. The van der Waals surface area contributed by atoms with Crippen LogP contribution in [0.3, 0.4) is 0 Å². The Labute approximate surface area is 108 Å². The third kappa shape index (κ3) is 5.04. The average molecular weight is 256 g/mol. The van der Waals surface area contributed by atoms with Crippen molar-refractivity contribution in [2.24, 2.45) is 17.8 Å². The molecule has 1 fully saturated rings. The second kappa shape index (κ2) is 7.36. The van der Waals surface area contributed by atoms with Gasteiger partial charge in [-0.15, -0.1) is 0 Å². The molecule has 0 aromatic carbocycles. The van der Waals surface area contributed by atoms with E-state index in [0.29, 0.717) is 12.3 Å². The number of carbonyl (C=O) groups is 2. The second-order valence-electron chi connectivity index (χ2n) is 5.39. The largest absolute Gasteiger partial charge is 0.481 e. The first kappa shape index (κ1) is 15.0. The van der Waals surface area contributed by atoms with Crippen molar-refractivity contribution >= 4 is 11.9 Å². The maximum absolute atomic E-state index is 11.7. The van der Waals surface area contributed by atoms with Crippen LogP contribution in [0.5, 0.6) is 0 Å². The summed E-state index contributed by atoms with van der Waals surface area (Å²) in [4.78, 5) is 22.7. The summed E-state index contributed by atoms with van der Waals surface area (Å²) in [5.74, 6) is -0.891. The molecule has 1 unspecified atom stereocenters. The Morgan fingerprint density at radius 2 is 1.94 bits per heavy atom. The minimum atomic E-state index is -0.841. The summed E-state index contributed by atoms with van der Waals surface area (Å²) in [5, 5.41) is 15.0. The highest BCUT2D eigenvalue weighted by atomic mass is 16.4. The van der Waals surface area contributed by atoms with Crippen LogP contribution in [-0.4, -0.2) is 36.6 Å². The van der Waals surface area contributed by atoms with E-state index in [-0.39, 0.29) is 18.4 Å². The number of rotatable bonds is 6. The van der Waals surface area contributed by atoms with Crippen molar-refractivity contribution in [1.29, 1.82) is 0 Å². The van der Waals surface area contributed by atoms with Crippen LogP contribution in [0, 0.1) is 17.8 Å². The van der Waals surface area contributed by atoms with Gasteiger partial charge in [-0.2, -0.15) is 0 Å². The Hall–Kier alpha value is -1.10. The first-order valence-corrected chi connectivity index (χ1v) is 6.71. The van der Waals surface area contributed by atoms with E-state index < -0.39 is 11.9 Å². The van der Waals surface area contributed by atoms with Crippen molar-refractivity contribution in [2.45, 2.75) is 33.1 Å². The lowest BCUT2D eigenvalue weighted by atomic mass is 9.93. The van der Waals surface area contributed by atoms with E-state index >= 15 is 0 Å². The predicted molar refractivity (Wildman–Crippen MR) is 69.2 cm³/mol. The van der Waals surface area contributed by atoms with Gasteiger partial charge in [0.05, 0.1) is 5.92 Å². The van der Waals surface area contributed by atoms with E-state index in [1.165, 1.54) is 0 Å². The lowest BCUT2D eigenvalue weighted by Gasteiger charge is -2.22. The van der Waals surface area contributed by atoms with Gasteiger partial charge in [-0.1, -0.05) is 13.8 Å². The Kier molecular flexibility index (Phi) is 6.12. The zero-order valence-corrected chi connectivity index (χ0v) is 11.2. The van der Waals surface area contributed by atoms with Crippen molar-refractivity contribution in [3.8, 4) is 0 Å². The molecule has 0 saturated carbocycles. The maximum atomic E-state index is 11.7. The molecule has 1 aliphatic rings. The highest BCUT2D eigenvalue weighted by Crippen LogP contribution is 2.16. The summed E-state index contributed by atoms with van der Waals surface area (Å²) >= 11 is 0. The van der Waals surface area contributed by atoms with Gasteiger partial charge < -0.3 is 15.7 Å². The maximum Gasteiger partial charge on any atom is 0.308 e. The van der Waals surface area contributed by atoms with Crippen molar-refractivity contribution in [1.82, 2.24) is 10.6 Å². The van der Waals surface area contributed by atoms with Crippen molar-refractivity contribution < 1.29 is 14.7 Å². The van der Waals surface area contributed by atoms with E-state index in [1.807, 2.05) is 13.8 Å². The smallest absolute Gasteiger partial charge is 0.308 e. The summed E-state index contributed by atoms with van der Waals surface area (Å²) in [6, 6.07) is 0. The van der Waals surface area contributed by atoms with Crippen LogP contribution in [0.2, 0.25) is 0 Å². The molecule has 3 N–H and O–H groups in total. The van der Waals surface area contributed by atoms with E-state index in [9.17, 15) is 9.59 Å². The molecule has 0 spiro atoms. The molecule has 0 radical (unpaired) electrons. The summed E-state index contributed by atoms with van der Waals surface area (Å²) < 4.78 is 0. The molecule has 5 nitrogen and oxygen atoms in total. The first-order chi connectivity index (χ1) is 8.50. The van der Waals surface area contributed by atoms with Crippen LogP contribution in [0.4, 0.5) is 0 Å². The number of hydrogen-bond acceptors (Lipinski definition) is 3. The van der Waals surface area contributed by atoms with Crippen molar-refractivity contribution in [2.75, 3.05) is 19.6 Å². The lowest BCUT2D eigenvalue weighted by molar-refractivity contribution is -0.143. The van der Waals surface area contributed by atoms with Gasteiger partial charge in [-0.3, -0.25) is 9.59 Å². The fourth-order valence-electron chi connectivity index (χ4n) is 2.25. The molecule has 104 valence electrons. The SMILES string of the molecule is CC(C)C(CNC(=O)CC1CCNCC1)C(=O)O. The first-order valence-electron chi connectivity index (χ1n) is 6.71. The molecule has 1 saturated heterocycles. The minimum absolute atomic E-state index is 0.0196. The standard InChI is InChI=1S/C13H24N2O3/c1-9(2)11(13(17)18)8-15-12(16)7-10-3-5-14-6-4-10/h9-11,14H,3-8H2,1-2H3,(H,15,16)(H,17,18). The van der Waals surface area contributed by atoms with Gasteiger partial charge in [0.2, 0.25) is 5.91 Å². The molecule has 0 aromatic heterocycles. The van der Waals surface area contributed by atoms with E-state index in [4.69, 9.17) is 5.11 Å². The van der Waals surface area contributed by atoms with Crippen molar-refractivity contribution in [3.63, 3.8) is 0 Å². The minimum Gasteiger partial charge on any atom is -0.481 e. The number of amides is 1. The third-order valence-electron chi connectivity index (χ3n) is 3.57. The highest BCUT2D eigenvalue weighted by Gasteiger charge is 2.23. The summed E-state index contributed by atoms with van der Waals surface area (Å²) in [6.45, 7) is 5.90. The normalized spacial score (nSPS) is 18.6. The molecule has 1 aliphatic heterocycles. The summed E-state index contributed by atoms with van der Waals surface area (Å²) in [7, 11) is 0. The number of piperidine rings is 1. The van der Waals surface area contributed by atoms with Crippen LogP contribution in [0.15, 0.2) is 0 Å². The van der Waals surface area contributed by atoms with Gasteiger partial charge in [-0.25, -0.2) is 0 Å². The van der Waals surface area contributed by atoms with Crippen LogP contribution in [0.1, 0.15) is 33.1 Å². The van der Waals surface area contributed by atoms with Gasteiger partial charge in [0.15, 0.2) is 0 Å². The number of carbonyl (C=O) groups excluding carboxylic acids is 1. The number of nitrogens with one attached hydrogen (secondary N) is 2. The average Bonchev–Trinajstić information content (AvgIpc) is 2.29.